The van der Waals surface area contributed by atoms with Crippen LogP contribution in [0.4, 0.5) is 0 Å². The minimum absolute atomic E-state index is 0.0162. The number of hydrogen-bond acceptors (Lipinski definition) is 3. The molecule has 3 atom stereocenters. The summed E-state index contributed by atoms with van der Waals surface area (Å²) in [6.07, 6.45) is 8.47. The van der Waals surface area contributed by atoms with Gasteiger partial charge >= 0.3 is 0 Å². The van der Waals surface area contributed by atoms with E-state index in [1.165, 1.54) is 6.42 Å². The first-order valence-electron chi connectivity index (χ1n) is 7.10. The van der Waals surface area contributed by atoms with Crippen LogP contribution in [0.15, 0.2) is 0 Å². The van der Waals surface area contributed by atoms with Gasteiger partial charge in [-0.1, -0.05) is 6.42 Å². The molecule has 2 rings (SSSR count). The second kappa shape index (κ2) is 6.50. The monoisotopic (exact) mass is 240 g/mol. The van der Waals surface area contributed by atoms with E-state index in [9.17, 15) is 9.90 Å². The summed E-state index contributed by atoms with van der Waals surface area (Å²) in [5.74, 6) is 0.620. The molecule has 1 heterocycles. The van der Waals surface area contributed by atoms with Crippen molar-refractivity contribution in [3.63, 3.8) is 0 Å². The number of ketones is 1. The Labute approximate surface area is 104 Å². The van der Waals surface area contributed by atoms with Gasteiger partial charge in [0.05, 0.1) is 12.2 Å². The predicted molar refractivity (Wildman–Crippen MR) is 65.8 cm³/mol. The summed E-state index contributed by atoms with van der Waals surface area (Å²) < 4.78 is 5.57. The molecule has 0 amide bonds. The molecule has 1 N–H and O–H groups in total. The maximum Gasteiger partial charge on any atom is 0.135 e. The van der Waals surface area contributed by atoms with Crippen LogP contribution in [0.1, 0.15) is 57.8 Å². The molecule has 98 valence electrons. The molecule has 0 aromatic carbocycles. The fourth-order valence-electron chi connectivity index (χ4n) is 2.99. The number of carbonyl (C=O) groups excluding carboxylic acids is 1. The Morgan fingerprint density at radius 2 is 2.06 bits per heavy atom. The lowest BCUT2D eigenvalue weighted by atomic mass is 9.83. The quantitative estimate of drug-likeness (QED) is 0.821. The second-order valence-electron chi connectivity index (χ2n) is 5.46. The van der Waals surface area contributed by atoms with Crippen LogP contribution in [0.2, 0.25) is 0 Å². The zero-order valence-corrected chi connectivity index (χ0v) is 10.6. The molecule has 17 heavy (non-hydrogen) atoms. The first-order valence-corrected chi connectivity index (χ1v) is 7.10. The molecule has 1 aliphatic heterocycles. The average Bonchev–Trinajstić information content (AvgIpc) is 2.38. The second-order valence-corrected chi connectivity index (χ2v) is 5.46. The molecule has 3 heteroatoms. The predicted octanol–water partition coefficient (Wildman–Crippen LogP) is 2.46. The Balaban J connectivity index is 1.71. The van der Waals surface area contributed by atoms with Gasteiger partial charge in [0.25, 0.3) is 0 Å². The average molecular weight is 240 g/mol. The molecule has 1 saturated carbocycles. The molecule has 0 bridgehead atoms. The fourth-order valence-corrected chi connectivity index (χ4v) is 2.99. The van der Waals surface area contributed by atoms with Gasteiger partial charge < -0.3 is 9.84 Å². The lowest BCUT2D eigenvalue weighted by Crippen LogP contribution is -2.33. The number of aliphatic hydroxyl groups is 1. The number of hydrogen-bond donors (Lipinski definition) is 1. The summed E-state index contributed by atoms with van der Waals surface area (Å²) in [4.78, 5) is 11.7. The van der Waals surface area contributed by atoms with Gasteiger partial charge in [-0.05, 0) is 44.9 Å². The molecular formula is C14H24O3. The zero-order valence-electron chi connectivity index (χ0n) is 10.6. The van der Waals surface area contributed by atoms with Crippen LogP contribution in [0.25, 0.3) is 0 Å². The number of carbonyl (C=O) groups is 1. The first kappa shape index (κ1) is 13.0. The molecular weight excluding hydrogens is 216 g/mol. The van der Waals surface area contributed by atoms with Gasteiger partial charge in [-0.15, -0.1) is 0 Å². The largest absolute Gasteiger partial charge is 0.390 e. The van der Waals surface area contributed by atoms with Gasteiger partial charge in [0, 0.05) is 18.9 Å². The summed E-state index contributed by atoms with van der Waals surface area (Å²) in [5, 5.41) is 10.1. The van der Waals surface area contributed by atoms with E-state index in [2.05, 4.69) is 0 Å². The molecule has 0 radical (unpaired) electrons. The molecule has 0 aromatic rings. The Morgan fingerprint density at radius 1 is 1.24 bits per heavy atom. The Kier molecular flexibility index (Phi) is 4.99. The SMILES string of the molecule is O=C1CCCCC1CCC(O)C1CCCCO1. The highest BCUT2D eigenvalue weighted by atomic mass is 16.5. The minimum Gasteiger partial charge on any atom is -0.390 e. The van der Waals surface area contributed by atoms with Crippen molar-refractivity contribution in [2.75, 3.05) is 6.61 Å². The minimum atomic E-state index is -0.370. The van der Waals surface area contributed by atoms with Crippen molar-refractivity contribution in [2.24, 2.45) is 5.92 Å². The molecule has 3 nitrogen and oxygen atoms in total. The van der Waals surface area contributed by atoms with E-state index in [1.54, 1.807) is 0 Å². The van der Waals surface area contributed by atoms with E-state index in [4.69, 9.17) is 4.74 Å². The maximum absolute atomic E-state index is 11.7. The van der Waals surface area contributed by atoms with Crippen molar-refractivity contribution in [1.29, 1.82) is 0 Å². The third kappa shape index (κ3) is 3.78. The highest BCUT2D eigenvalue weighted by Gasteiger charge is 2.26. The maximum atomic E-state index is 11.7. The van der Waals surface area contributed by atoms with E-state index >= 15 is 0 Å². The van der Waals surface area contributed by atoms with Gasteiger partial charge in [-0.2, -0.15) is 0 Å². The number of ether oxygens (including phenoxy) is 1. The highest BCUT2D eigenvalue weighted by molar-refractivity contribution is 5.81. The molecule has 1 saturated heterocycles. The van der Waals surface area contributed by atoms with E-state index in [0.717, 1.165) is 58.0 Å². The molecule has 1 aliphatic carbocycles. The normalized spacial score (nSPS) is 32.4. The highest BCUT2D eigenvalue weighted by Crippen LogP contribution is 2.26. The van der Waals surface area contributed by atoms with Crippen molar-refractivity contribution >= 4 is 5.78 Å². The Bertz CT molecular complexity index is 246. The van der Waals surface area contributed by atoms with Crippen molar-refractivity contribution in [2.45, 2.75) is 70.0 Å². The zero-order chi connectivity index (χ0) is 12.1. The summed E-state index contributed by atoms with van der Waals surface area (Å²) in [7, 11) is 0. The van der Waals surface area contributed by atoms with Gasteiger partial charge in [-0.25, -0.2) is 0 Å². The van der Waals surface area contributed by atoms with Crippen LogP contribution in [0.5, 0.6) is 0 Å². The third-order valence-corrected chi connectivity index (χ3v) is 4.14. The van der Waals surface area contributed by atoms with Crippen molar-refractivity contribution in [3.8, 4) is 0 Å². The molecule has 0 aromatic heterocycles. The van der Waals surface area contributed by atoms with E-state index in [1.807, 2.05) is 0 Å². The summed E-state index contributed by atoms with van der Waals surface area (Å²) in [6.45, 7) is 0.782. The van der Waals surface area contributed by atoms with E-state index < -0.39 is 0 Å². The van der Waals surface area contributed by atoms with Crippen LogP contribution < -0.4 is 0 Å². The summed E-state index contributed by atoms with van der Waals surface area (Å²) in [6, 6.07) is 0. The lowest BCUT2D eigenvalue weighted by Gasteiger charge is -2.28. The van der Waals surface area contributed by atoms with Gasteiger partial charge in [0.1, 0.15) is 5.78 Å². The van der Waals surface area contributed by atoms with E-state index in [0.29, 0.717) is 5.78 Å². The first-order chi connectivity index (χ1) is 8.27. The topological polar surface area (TPSA) is 46.5 Å². The van der Waals surface area contributed by atoms with Crippen LogP contribution in [0, 0.1) is 5.92 Å². The number of Topliss-reactive ketones (excluding diaryl/α,β-unsaturated/α-hetero) is 1. The van der Waals surface area contributed by atoms with Crippen LogP contribution in [0.3, 0.4) is 0 Å². The molecule has 2 aliphatic rings. The Morgan fingerprint density at radius 3 is 2.76 bits per heavy atom. The standard InChI is InChI=1S/C14H24O3/c15-12-6-2-1-5-11(12)8-9-13(16)14-7-3-4-10-17-14/h11,13-14,16H,1-10H2. The summed E-state index contributed by atoms with van der Waals surface area (Å²) in [5.41, 5.74) is 0. The van der Waals surface area contributed by atoms with Crippen molar-refractivity contribution in [3.05, 3.63) is 0 Å². The molecule has 2 fully saturated rings. The van der Waals surface area contributed by atoms with Crippen LogP contribution in [-0.4, -0.2) is 29.7 Å². The van der Waals surface area contributed by atoms with Gasteiger partial charge in [0.2, 0.25) is 0 Å². The number of aliphatic hydroxyl groups excluding tert-OH is 1. The third-order valence-electron chi connectivity index (χ3n) is 4.14. The fraction of sp³-hybridized carbons (Fsp3) is 0.929. The van der Waals surface area contributed by atoms with Gasteiger partial charge in [-0.3, -0.25) is 4.79 Å². The van der Waals surface area contributed by atoms with Crippen molar-refractivity contribution in [1.82, 2.24) is 0 Å². The van der Waals surface area contributed by atoms with Gasteiger partial charge in [0.15, 0.2) is 0 Å². The molecule has 0 spiro atoms. The van der Waals surface area contributed by atoms with E-state index in [-0.39, 0.29) is 18.1 Å². The summed E-state index contributed by atoms with van der Waals surface area (Å²) >= 11 is 0. The molecule has 3 unspecified atom stereocenters. The smallest absolute Gasteiger partial charge is 0.135 e. The van der Waals surface area contributed by atoms with Crippen molar-refractivity contribution < 1.29 is 14.6 Å². The van der Waals surface area contributed by atoms with Crippen LogP contribution in [-0.2, 0) is 9.53 Å². The van der Waals surface area contributed by atoms with Crippen LogP contribution >= 0.6 is 0 Å². The number of rotatable bonds is 4. The Hall–Kier alpha value is -0.410. The lowest BCUT2D eigenvalue weighted by molar-refractivity contribution is -0.125.